The number of hydrogen-bond acceptors (Lipinski definition) is 6. The predicted molar refractivity (Wildman–Crippen MR) is 122 cm³/mol. The first-order valence-corrected chi connectivity index (χ1v) is 12.5. The van der Waals surface area contributed by atoms with E-state index < -0.39 is 9.84 Å². The molecular weight excluding hydrogens is 442 g/mol. The lowest BCUT2D eigenvalue weighted by Crippen LogP contribution is -2.37. The van der Waals surface area contributed by atoms with Gasteiger partial charge in [0.15, 0.2) is 5.76 Å². The number of imidazole rings is 1. The standard InChI is InChI=1S/C24H27N3O5S/c1-2-12-27-20(15-25-24(27)33(29,30)18-19-8-4-3-5-9-19)16-26(17-21-10-6-13-31-21)23(28)22-11-7-14-32-22/h2-5,7-9,11,14-15,21H,1,6,10,12-13,16-18H2/t21-/m1/s1. The lowest BCUT2D eigenvalue weighted by molar-refractivity contribution is 0.0478. The Morgan fingerprint density at radius 2 is 2.06 bits per heavy atom. The van der Waals surface area contributed by atoms with Crippen LogP contribution in [-0.4, -0.2) is 48.0 Å². The van der Waals surface area contributed by atoms with E-state index in [1.807, 2.05) is 6.07 Å². The second-order valence-corrected chi connectivity index (χ2v) is 9.86. The van der Waals surface area contributed by atoms with Gasteiger partial charge in [-0.1, -0.05) is 36.4 Å². The smallest absolute Gasteiger partial charge is 0.289 e. The molecule has 0 radical (unpaired) electrons. The van der Waals surface area contributed by atoms with E-state index in [0.717, 1.165) is 12.8 Å². The number of ether oxygens (including phenoxy) is 1. The first-order valence-electron chi connectivity index (χ1n) is 10.8. The fraction of sp³-hybridized carbons (Fsp3) is 0.333. The average molecular weight is 470 g/mol. The van der Waals surface area contributed by atoms with Crippen molar-refractivity contribution in [3.8, 4) is 0 Å². The van der Waals surface area contributed by atoms with E-state index >= 15 is 0 Å². The Balaban J connectivity index is 1.62. The Labute approximate surface area is 193 Å². The summed E-state index contributed by atoms with van der Waals surface area (Å²) in [4.78, 5) is 19.0. The number of hydrogen-bond donors (Lipinski definition) is 0. The molecule has 1 fully saturated rings. The second kappa shape index (κ2) is 10.2. The van der Waals surface area contributed by atoms with Gasteiger partial charge < -0.3 is 18.6 Å². The maximum absolute atomic E-state index is 13.2. The lowest BCUT2D eigenvalue weighted by atomic mass is 10.2. The van der Waals surface area contributed by atoms with Crippen LogP contribution in [0, 0.1) is 0 Å². The third kappa shape index (κ3) is 5.43. The SMILES string of the molecule is C=CCn1c(CN(C[C@H]2CCCO2)C(=O)c2ccco2)cnc1S(=O)(=O)Cc1ccccc1. The zero-order valence-corrected chi connectivity index (χ0v) is 19.1. The average Bonchev–Trinajstić information content (AvgIpc) is 3.57. The summed E-state index contributed by atoms with van der Waals surface area (Å²) in [5.41, 5.74) is 1.28. The van der Waals surface area contributed by atoms with Crippen molar-refractivity contribution < 1.29 is 22.4 Å². The zero-order valence-electron chi connectivity index (χ0n) is 18.3. The van der Waals surface area contributed by atoms with Crippen LogP contribution >= 0.6 is 0 Å². The van der Waals surface area contributed by atoms with Crippen molar-refractivity contribution in [2.75, 3.05) is 13.2 Å². The number of nitrogens with zero attached hydrogens (tertiary/aromatic N) is 3. The minimum atomic E-state index is -3.71. The van der Waals surface area contributed by atoms with Crippen molar-refractivity contribution in [3.05, 3.63) is 84.6 Å². The highest BCUT2D eigenvalue weighted by Crippen LogP contribution is 2.21. The Morgan fingerprint density at radius 3 is 2.73 bits per heavy atom. The van der Waals surface area contributed by atoms with Gasteiger partial charge in [-0.25, -0.2) is 13.4 Å². The Hall–Kier alpha value is -3.17. The third-order valence-corrected chi connectivity index (χ3v) is 7.11. The van der Waals surface area contributed by atoms with Crippen molar-refractivity contribution in [3.63, 3.8) is 0 Å². The normalized spacial score (nSPS) is 16.1. The molecule has 3 aromatic rings. The van der Waals surface area contributed by atoms with Crippen molar-refractivity contribution >= 4 is 15.7 Å². The van der Waals surface area contributed by atoms with E-state index in [0.29, 0.717) is 24.4 Å². The van der Waals surface area contributed by atoms with Crippen LogP contribution in [0.15, 0.2) is 77.2 Å². The lowest BCUT2D eigenvalue weighted by Gasteiger charge is -2.25. The maximum atomic E-state index is 13.2. The topological polar surface area (TPSA) is 94.6 Å². The summed E-state index contributed by atoms with van der Waals surface area (Å²) >= 11 is 0. The molecule has 0 unspecified atom stereocenters. The van der Waals surface area contributed by atoms with Crippen LogP contribution in [-0.2, 0) is 33.4 Å². The summed E-state index contributed by atoms with van der Waals surface area (Å²) in [5, 5.41) is -0.0382. The summed E-state index contributed by atoms with van der Waals surface area (Å²) in [6.45, 7) is 5.23. The molecular formula is C24H27N3O5S. The van der Waals surface area contributed by atoms with Gasteiger partial charge in [0.2, 0.25) is 15.0 Å². The van der Waals surface area contributed by atoms with E-state index in [4.69, 9.17) is 9.15 Å². The number of rotatable bonds is 10. The Morgan fingerprint density at radius 1 is 1.24 bits per heavy atom. The number of carbonyl (C=O) groups excluding carboxylic acids is 1. The fourth-order valence-corrected chi connectivity index (χ4v) is 5.46. The molecule has 1 aliphatic rings. The quantitative estimate of drug-likeness (QED) is 0.422. The van der Waals surface area contributed by atoms with Gasteiger partial charge >= 0.3 is 0 Å². The summed E-state index contributed by atoms with van der Waals surface area (Å²) in [6.07, 6.45) is 6.33. The molecule has 9 heteroatoms. The first kappa shape index (κ1) is 23.0. The first-order chi connectivity index (χ1) is 16.0. The van der Waals surface area contributed by atoms with Gasteiger partial charge in [-0.15, -0.1) is 6.58 Å². The van der Waals surface area contributed by atoms with Gasteiger partial charge in [0.1, 0.15) is 0 Å². The number of sulfone groups is 1. The van der Waals surface area contributed by atoms with Crippen molar-refractivity contribution in [2.45, 2.75) is 42.9 Å². The number of furan rings is 1. The molecule has 0 N–H and O–H groups in total. The molecule has 1 aliphatic heterocycles. The van der Waals surface area contributed by atoms with Crippen LogP contribution in [0.3, 0.4) is 0 Å². The molecule has 1 aromatic carbocycles. The third-order valence-electron chi connectivity index (χ3n) is 5.51. The molecule has 174 valence electrons. The van der Waals surface area contributed by atoms with Gasteiger partial charge in [-0.05, 0) is 30.5 Å². The van der Waals surface area contributed by atoms with Gasteiger partial charge in [-0.3, -0.25) is 4.79 Å². The highest BCUT2D eigenvalue weighted by molar-refractivity contribution is 7.90. The van der Waals surface area contributed by atoms with Crippen LogP contribution < -0.4 is 0 Å². The minimum Gasteiger partial charge on any atom is -0.459 e. The predicted octanol–water partition coefficient (Wildman–Crippen LogP) is 3.46. The molecule has 0 aliphatic carbocycles. The Bertz CT molecular complexity index is 1180. The molecule has 0 saturated carbocycles. The molecule has 33 heavy (non-hydrogen) atoms. The van der Waals surface area contributed by atoms with Crippen molar-refractivity contribution in [2.24, 2.45) is 0 Å². The summed E-state index contributed by atoms with van der Waals surface area (Å²) in [7, 11) is -3.71. The van der Waals surface area contributed by atoms with E-state index in [9.17, 15) is 13.2 Å². The number of carbonyl (C=O) groups is 1. The van der Waals surface area contributed by atoms with E-state index in [-0.39, 0.29) is 41.8 Å². The van der Waals surface area contributed by atoms with Crippen molar-refractivity contribution in [1.29, 1.82) is 0 Å². The molecule has 2 aromatic heterocycles. The van der Waals surface area contributed by atoms with Crippen LogP contribution in [0.25, 0.3) is 0 Å². The zero-order chi connectivity index (χ0) is 23.3. The van der Waals surface area contributed by atoms with E-state index in [1.165, 1.54) is 12.5 Å². The highest BCUT2D eigenvalue weighted by atomic mass is 32.2. The molecule has 1 atom stereocenters. The molecule has 0 spiro atoms. The number of allylic oxidation sites excluding steroid dienone is 1. The maximum Gasteiger partial charge on any atom is 0.289 e. The van der Waals surface area contributed by atoms with Crippen LogP contribution in [0.1, 0.15) is 34.7 Å². The number of benzene rings is 1. The highest BCUT2D eigenvalue weighted by Gasteiger charge is 2.28. The molecule has 1 amide bonds. The van der Waals surface area contributed by atoms with E-state index in [1.54, 1.807) is 51.9 Å². The van der Waals surface area contributed by atoms with Gasteiger partial charge in [0, 0.05) is 19.7 Å². The largest absolute Gasteiger partial charge is 0.459 e. The molecule has 1 saturated heterocycles. The number of aromatic nitrogens is 2. The molecule has 3 heterocycles. The summed E-state index contributed by atoms with van der Waals surface area (Å²) in [6, 6.07) is 12.3. The second-order valence-electron chi connectivity index (χ2n) is 7.97. The van der Waals surface area contributed by atoms with E-state index in [2.05, 4.69) is 11.6 Å². The van der Waals surface area contributed by atoms with Crippen LogP contribution in [0.5, 0.6) is 0 Å². The fourth-order valence-electron chi connectivity index (χ4n) is 3.95. The van der Waals surface area contributed by atoms with Gasteiger partial charge in [0.25, 0.3) is 5.91 Å². The molecule has 8 nitrogen and oxygen atoms in total. The Kier molecular flexibility index (Phi) is 7.10. The molecule has 4 rings (SSSR count). The van der Waals surface area contributed by atoms with Crippen LogP contribution in [0.2, 0.25) is 0 Å². The summed E-state index contributed by atoms with van der Waals surface area (Å²) in [5.74, 6) is -0.220. The number of amides is 1. The monoisotopic (exact) mass is 469 g/mol. The van der Waals surface area contributed by atoms with Gasteiger partial charge in [-0.2, -0.15) is 0 Å². The van der Waals surface area contributed by atoms with Crippen LogP contribution in [0.4, 0.5) is 0 Å². The minimum absolute atomic E-state index is 0.0382. The van der Waals surface area contributed by atoms with Crippen molar-refractivity contribution in [1.82, 2.24) is 14.5 Å². The van der Waals surface area contributed by atoms with Gasteiger partial charge in [0.05, 0.1) is 36.6 Å². The summed E-state index contributed by atoms with van der Waals surface area (Å²) < 4.78 is 39.0. The molecule has 0 bridgehead atoms.